The van der Waals surface area contributed by atoms with Crippen LogP contribution < -0.4 is 5.32 Å². The molecule has 2 heteroatoms. The van der Waals surface area contributed by atoms with E-state index in [2.05, 4.69) is 33.0 Å². The molecule has 0 radical (unpaired) electrons. The summed E-state index contributed by atoms with van der Waals surface area (Å²) in [7, 11) is 0. The molecule has 0 saturated carbocycles. The topological polar surface area (TPSA) is 12.0 Å². The molecule has 0 aliphatic carbocycles. The van der Waals surface area contributed by atoms with Gasteiger partial charge in [0.05, 0.1) is 0 Å². The van der Waals surface area contributed by atoms with Crippen LogP contribution in [0.4, 0.5) is 4.39 Å². The van der Waals surface area contributed by atoms with Crippen LogP contribution in [-0.2, 0) is 6.42 Å². The predicted molar refractivity (Wildman–Crippen MR) is 76.2 cm³/mol. The fourth-order valence-electron chi connectivity index (χ4n) is 2.09. The third-order valence-electron chi connectivity index (χ3n) is 3.87. The van der Waals surface area contributed by atoms with E-state index in [9.17, 15) is 4.39 Å². The van der Waals surface area contributed by atoms with Gasteiger partial charge in [0, 0.05) is 6.54 Å². The van der Waals surface area contributed by atoms with Crippen molar-refractivity contribution in [2.24, 2.45) is 11.3 Å². The summed E-state index contributed by atoms with van der Waals surface area (Å²) in [5, 5.41) is 3.51. The van der Waals surface area contributed by atoms with E-state index >= 15 is 0 Å². The standard InChI is InChI=1S/C16H26FN/c1-5-10-18-12-16(4,13(2)3)11-14-6-8-15(17)9-7-14/h6-9,13,18H,5,10-12H2,1-4H3. The summed E-state index contributed by atoms with van der Waals surface area (Å²) in [4.78, 5) is 0. The third kappa shape index (κ3) is 4.41. The minimum atomic E-state index is -0.158. The van der Waals surface area contributed by atoms with E-state index in [1.807, 2.05) is 12.1 Å². The second kappa shape index (κ2) is 6.89. The van der Waals surface area contributed by atoms with E-state index in [0.717, 1.165) is 25.9 Å². The molecule has 0 amide bonds. The van der Waals surface area contributed by atoms with Gasteiger partial charge in [-0.25, -0.2) is 4.39 Å². The molecule has 1 unspecified atom stereocenters. The van der Waals surface area contributed by atoms with Gasteiger partial charge in [0.2, 0.25) is 0 Å². The Balaban J connectivity index is 2.69. The highest BCUT2D eigenvalue weighted by molar-refractivity contribution is 5.18. The average Bonchev–Trinajstić information content (AvgIpc) is 2.32. The molecular weight excluding hydrogens is 225 g/mol. The van der Waals surface area contributed by atoms with Gasteiger partial charge in [-0.3, -0.25) is 0 Å². The number of rotatable bonds is 7. The molecule has 1 atom stereocenters. The van der Waals surface area contributed by atoms with E-state index in [4.69, 9.17) is 0 Å². The first-order valence-corrected chi connectivity index (χ1v) is 6.93. The van der Waals surface area contributed by atoms with Crippen molar-refractivity contribution in [3.63, 3.8) is 0 Å². The Kier molecular flexibility index (Phi) is 5.80. The molecule has 1 aromatic rings. The van der Waals surface area contributed by atoms with Crippen LogP contribution in [0.1, 0.15) is 39.7 Å². The second-order valence-electron chi connectivity index (χ2n) is 5.79. The summed E-state index contributed by atoms with van der Waals surface area (Å²) in [6, 6.07) is 6.90. The lowest BCUT2D eigenvalue weighted by atomic mass is 9.74. The van der Waals surface area contributed by atoms with Crippen molar-refractivity contribution in [3.05, 3.63) is 35.6 Å². The normalized spacial score (nSPS) is 14.8. The average molecular weight is 251 g/mol. The van der Waals surface area contributed by atoms with Gasteiger partial charge in [-0.2, -0.15) is 0 Å². The summed E-state index contributed by atoms with van der Waals surface area (Å²) in [6.07, 6.45) is 2.15. The number of nitrogens with one attached hydrogen (secondary N) is 1. The molecule has 102 valence electrons. The molecule has 0 spiro atoms. The first-order valence-electron chi connectivity index (χ1n) is 6.93. The highest BCUT2D eigenvalue weighted by atomic mass is 19.1. The van der Waals surface area contributed by atoms with Crippen molar-refractivity contribution in [2.75, 3.05) is 13.1 Å². The highest BCUT2D eigenvalue weighted by Crippen LogP contribution is 2.30. The van der Waals surface area contributed by atoms with Crippen LogP contribution in [0.15, 0.2) is 24.3 Å². The number of halogens is 1. The lowest BCUT2D eigenvalue weighted by Crippen LogP contribution is -2.38. The smallest absolute Gasteiger partial charge is 0.123 e. The molecule has 0 saturated heterocycles. The largest absolute Gasteiger partial charge is 0.316 e. The molecule has 0 aromatic heterocycles. The maximum atomic E-state index is 12.9. The van der Waals surface area contributed by atoms with Gasteiger partial charge < -0.3 is 5.32 Å². The zero-order valence-corrected chi connectivity index (χ0v) is 12.1. The van der Waals surface area contributed by atoms with Crippen LogP contribution in [-0.4, -0.2) is 13.1 Å². The lowest BCUT2D eigenvalue weighted by molar-refractivity contribution is 0.207. The summed E-state index contributed by atoms with van der Waals surface area (Å²) < 4.78 is 12.9. The maximum Gasteiger partial charge on any atom is 0.123 e. The SMILES string of the molecule is CCCNCC(C)(Cc1ccc(F)cc1)C(C)C. The monoisotopic (exact) mass is 251 g/mol. The zero-order chi connectivity index (χ0) is 13.6. The van der Waals surface area contributed by atoms with Crippen molar-refractivity contribution in [1.29, 1.82) is 0 Å². The van der Waals surface area contributed by atoms with Gasteiger partial charge in [-0.05, 0) is 48.4 Å². The summed E-state index contributed by atoms with van der Waals surface area (Å²) in [5.41, 5.74) is 1.43. The van der Waals surface area contributed by atoms with Gasteiger partial charge >= 0.3 is 0 Å². The quantitative estimate of drug-likeness (QED) is 0.721. The molecule has 0 fully saturated rings. The summed E-state index contributed by atoms with van der Waals surface area (Å²) in [5.74, 6) is 0.431. The van der Waals surface area contributed by atoms with Crippen LogP contribution in [0.25, 0.3) is 0 Å². The maximum absolute atomic E-state index is 12.9. The van der Waals surface area contributed by atoms with Crippen LogP contribution in [0.2, 0.25) is 0 Å². The van der Waals surface area contributed by atoms with Gasteiger partial charge in [-0.15, -0.1) is 0 Å². The molecule has 1 N–H and O–H groups in total. The summed E-state index contributed by atoms with van der Waals surface area (Å²) >= 11 is 0. The van der Waals surface area contributed by atoms with Crippen LogP contribution in [0.3, 0.4) is 0 Å². The van der Waals surface area contributed by atoms with Crippen LogP contribution in [0, 0.1) is 17.2 Å². The second-order valence-corrected chi connectivity index (χ2v) is 5.79. The minimum absolute atomic E-state index is 0.158. The van der Waals surface area contributed by atoms with Crippen molar-refractivity contribution in [3.8, 4) is 0 Å². The van der Waals surface area contributed by atoms with E-state index < -0.39 is 0 Å². The van der Waals surface area contributed by atoms with Gasteiger partial charge in [0.25, 0.3) is 0 Å². The number of hydrogen-bond donors (Lipinski definition) is 1. The Hall–Kier alpha value is -0.890. The van der Waals surface area contributed by atoms with Crippen molar-refractivity contribution < 1.29 is 4.39 Å². The highest BCUT2D eigenvalue weighted by Gasteiger charge is 2.28. The van der Waals surface area contributed by atoms with Crippen LogP contribution in [0.5, 0.6) is 0 Å². The fourth-order valence-corrected chi connectivity index (χ4v) is 2.09. The molecular formula is C16H26FN. The number of hydrogen-bond acceptors (Lipinski definition) is 1. The van der Waals surface area contributed by atoms with E-state index in [1.54, 1.807) is 12.1 Å². The van der Waals surface area contributed by atoms with Crippen molar-refractivity contribution >= 4 is 0 Å². The Bertz CT molecular complexity index is 345. The molecule has 1 nitrogen and oxygen atoms in total. The molecule has 0 aliphatic rings. The molecule has 18 heavy (non-hydrogen) atoms. The molecule has 1 rings (SSSR count). The van der Waals surface area contributed by atoms with Gasteiger partial charge in [-0.1, -0.05) is 39.8 Å². The molecule has 0 bridgehead atoms. The third-order valence-corrected chi connectivity index (χ3v) is 3.87. The summed E-state index contributed by atoms with van der Waals surface area (Å²) in [6.45, 7) is 11.1. The number of benzene rings is 1. The Morgan fingerprint density at radius 1 is 1.22 bits per heavy atom. The van der Waals surface area contributed by atoms with Crippen molar-refractivity contribution in [1.82, 2.24) is 5.32 Å². The Morgan fingerprint density at radius 3 is 2.33 bits per heavy atom. The molecule has 0 aliphatic heterocycles. The molecule has 1 aromatic carbocycles. The minimum Gasteiger partial charge on any atom is -0.316 e. The van der Waals surface area contributed by atoms with E-state index in [1.165, 1.54) is 5.56 Å². The lowest BCUT2D eigenvalue weighted by Gasteiger charge is -2.34. The van der Waals surface area contributed by atoms with Crippen LogP contribution >= 0.6 is 0 Å². The van der Waals surface area contributed by atoms with E-state index in [-0.39, 0.29) is 11.2 Å². The van der Waals surface area contributed by atoms with E-state index in [0.29, 0.717) is 5.92 Å². The van der Waals surface area contributed by atoms with Gasteiger partial charge in [0.1, 0.15) is 5.82 Å². The Morgan fingerprint density at radius 2 is 1.83 bits per heavy atom. The molecule has 0 heterocycles. The Labute approximate surface area is 111 Å². The van der Waals surface area contributed by atoms with Crippen molar-refractivity contribution in [2.45, 2.75) is 40.5 Å². The fraction of sp³-hybridized carbons (Fsp3) is 0.625. The first kappa shape index (κ1) is 15.2. The van der Waals surface area contributed by atoms with Gasteiger partial charge in [0.15, 0.2) is 0 Å². The predicted octanol–water partition coefficient (Wildman–Crippen LogP) is 4.03. The zero-order valence-electron chi connectivity index (χ0n) is 12.1. The first-order chi connectivity index (χ1) is 8.48.